The van der Waals surface area contributed by atoms with Gasteiger partial charge >= 0.3 is 5.97 Å². The van der Waals surface area contributed by atoms with Gasteiger partial charge in [-0.05, 0) is 41.0 Å². The van der Waals surface area contributed by atoms with Crippen molar-refractivity contribution in [1.29, 1.82) is 0 Å². The fourth-order valence-electron chi connectivity index (χ4n) is 3.05. The van der Waals surface area contributed by atoms with E-state index in [4.69, 9.17) is 5.11 Å². The van der Waals surface area contributed by atoms with Crippen LogP contribution in [0.3, 0.4) is 0 Å². The Kier molecular flexibility index (Phi) is 6.40. The van der Waals surface area contributed by atoms with E-state index in [1.165, 1.54) is 47.2 Å². The van der Waals surface area contributed by atoms with Crippen LogP contribution in [0.25, 0.3) is 5.76 Å². The van der Waals surface area contributed by atoms with E-state index in [2.05, 4.69) is 0 Å². The third-order valence-corrected chi connectivity index (χ3v) is 4.49. The van der Waals surface area contributed by atoms with Crippen LogP contribution in [0.5, 0.6) is 0 Å². The Morgan fingerprint density at radius 3 is 2.39 bits per heavy atom. The first-order valence-corrected chi connectivity index (χ1v) is 9.14. The molecule has 0 spiro atoms. The minimum atomic E-state index is -1.80. The molecule has 3 aromatic rings. The van der Waals surface area contributed by atoms with Crippen molar-refractivity contribution < 1.29 is 28.6 Å². The van der Waals surface area contributed by atoms with Crippen molar-refractivity contribution >= 4 is 17.5 Å². The molecule has 0 aliphatic heterocycles. The third kappa shape index (κ3) is 5.30. The van der Waals surface area contributed by atoms with Gasteiger partial charge in [0, 0.05) is 18.7 Å². The fourth-order valence-corrected chi connectivity index (χ4v) is 3.05. The predicted molar refractivity (Wildman–Crippen MR) is 109 cm³/mol. The maximum Gasteiger partial charge on any atom is 0.376 e. The number of aromatic nitrogens is 1. The molecule has 0 fully saturated rings. The molecule has 0 unspecified atom stereocenters. The molecule has 0 atom stereocenters. The normalized spacial score (nSPS) is 11.4. The number of carboxylic acid groups (broad SMARTS) is 1. The number of carboxylic acids is 1. The summed E-state index contributed by atoms with van der Waals surface area (Å²) in [5.41, 5.74) is 0.141. The van der Waals surface area contributed by atoms with Crippen LogP contribution in [-0.2, 0) is 22.6 Å². The highest BCUT2D eigenvalue weighted by atomic mass is 19.1. The van der Waals surface area contributed by atoms with Crippen LogP contribution in [0.4, 0.5) is 8.78 Å². The molecule has 0 saturated carbocycles. The van der Waals surface area contributed by atoms with Crippen molar-refractivity contribution in [1.82, 2.24) is 4.57 Å². The van der Waals surface area contributed by atoms with Crippen molar-refractivity contribution in [2.75, 3.05) is 0 Å². The average molecular weight is 425 g/mol. The topological polar surface area (TPSA) is 96.6 Å². The number of aliphatic hydroxyl groups is 1. The summed E-state index contributed by atoms with van der Waals surface area (Å²) in [7, 11) is 0. The van der Waals surface area contributed by atoms with Gasteiger partial charge < -0.3 is 14.8 Å². The largest absolute Gasteiger partial charge is 0.507 e. The molecule has 0 amide bonds. The van der Waals surface area contributed by atoms with E-state index in [9.17, 15) is 28.3 Å². The van der Waals surface area contributed by atoms with Crippen LogP contribution < -0.4 is 5.56 Å². The summed E-state index contributed by atoms with van der Waals surface area (Å²) in [6, 6.07) is 12.8. The van der Waals surface area contributed by atoms with Crippen LogP contribution in [0.15, 0.2) is 71.7 Å². The van der Waals surface area contributed by atoms with Gasteiger partial charge in [0.2, 0.25) is 0 Å². The number of benzene rings is 2. The molecule has 2 aromatic carbocycles. The first-order chi connectivity index (χ1) is 14.7. The molecule has 0 aliphatic carbocycles. The maximum atomic E-state index is 14.1. The fraction of sp³-hybridized carbons (Fsp3) is 0.0870. The second-order valence-electron chi connectivity index (χ2n) is 6.79. The van der Waals surface area contributed by atoms with Gasteiger partial charge in [-0.1, -0.05) is 30.3 Å². The third-order valence-electron chi connectivity index (χ3n) is 4.49. The molecule has 0 bridgehead atoms. The van der Waals surface area contributed by atoms with Crippen molar-refractivity contribution in [3.05, 3.63) is 111 Å². The summed E-state index contributed by atoms with van der Waals surface area (Å²) in [6.07, 6.45) is 1.93. The summed E-state index contributed by atoms with van der Waals surface area (Å²) in [5, 5.41) is 19.0. The second kappa shape index (κ2) is 9.17. The Labute approximate surface area is 175 Å². The molecule has 2 N–H and O–H groups in total. The van der Waals surface area contributed by atoms with Gasteiger partial charge in [0.1, 0.15) is 17.4 Å². The lowest BCUT2D eigenvalue weighted by molar-refractivity contribution is -0.146. The van der Waals surface area contributed by atoms with Gasteiger partial charge in [0.05, 0.1) is 12.1 Å². The second-order valence-corrected chi connectivity index (χ2v) is 6.79. The number of carbonyl (C=O) groups excluding carboxylic acids is 1. The quantitative estimate of drug-likeness (QED) is 0.344. The monoisotopic (exact) mass is 425 g/mol. The summed E-state index contributed by atoms with van der Waals surface area (Å²) in [5.74, 6) is -5.00. The van der Waals surface area contributed by atoms with Crippen molar-refractivity contribution in [2.24, 2.45) is 0 Å². The number of hydrogen-bond acceptors (Lipinski definition) is 4. The van der Waals surface area contributed by atoms with Gasteiger partial charge in [-0.25, -0.2) is 13.6 Å². The number of nitrogens with zero attached hydrogens (tertiary/aromatic N) is 1. The number of halogens is 2. The highest BCUT2D eigenvalue weighted by molar-refractivity contribution is 6.38. The first-order valence-electron chi connectivity index (χ1n) is 9.14. The van der Waals surface area contributed by atoms with E-state index < -0.39 is 34.7 Å². The standard InChI is InChI=1S/C23H17F2NO5/c24-17-6-3-4-14(9-17)12-26-13-15(8-16-5-1-2-7-19(16)25)10-18(22(26)29)20(27)11-21(28)23(30)31/h1-7,9-11,13,27H,8,12H2,(H,30,31). The molecule has 158 valence electrons. The lowest BCUT2D eigenvalue weighted by atomic mass is 10.0. The van der Waals surface area contributed by atoms with E-state index in [-0.39, 0.29) is 18.5 Å². The number of pyridine rings is 1. The lowest BCUT2D eigenvalue weighted by Gasteiger charge is -2.13. The number of hydrogen-bond donors (Lipinski definition) is 2. The Morgan fingerprint density at radius 2 is 1.71 bits per heavy atom. The molecule has 3 rings (SSSR count). The summed E-state index contributed by atoms with van der Waals surface area (Å²) in [6.45, 7) is -0.0607. The molecule has 0 radical (unpaired) electrons. The van der Waals surface area contributed by atoms with E-state index in [1.807, 2.05) is 0 Å². The molecule has 31 heavy (non-hydrogen) atoms. The van der Waals surface area contributed by atoms with E-state index in [1.54, 1.807) is 18.2 Å². The SMILES string of the molecule is O=C(O)C(=O)C=C(O)c1cc(Cc2ccccc2F)cn(Cc2cccc(F)c2)c1=O. The number of aliphatic carboxylic acids is 1. The maximum absolute atomic E-state index is 14.1. The van der Waals surface area contributed by atoms with Crippen LogP contribution in [0.1, 0.15) is 22.3 Å². The molecular formula is C23H17F2NO5. The van der Waals surface area contributed by atoms with Gasteiger partial charge in [-0.3, -0.25) is 9.59 Å². The number of rotatable bonds is 7. The van der Waals surface area contributed by atoms with Gasteiger partial charge in [0.15, 0.2) is 0 Å². The van der Waals surface area contributed by atoms with Gasteiger partial charge in [-0.15, -0.1) is 0 Å². The Balaban J connectivity index is 2.10. The van der Waals surface area contributed by atoms with Crippen molar-refractivity contribution in [2.45, 2.75) is 13.0 Å². The number of carbonyl (C=O) groups is 2. The van der Waals surface area contributed by atoms with Gasteiger partial charge in [-0.2, -0.15) is 0 Å². The molecule has 0 saturated heterocycles. The molecule has 8 heteroatoms. The van der Waals surface area contributed by atoms with E-state index in [0.29, 0.717) is 22.8 Å². The summed E-state index contributed by atoms with van der Waals surface area (Å²) < 4.78 is 28.8. The van der Waals surface area contributed by atoms with Crippen molar-refractivity contribution in [3.8, 4) is 0 Å². The van der Waals surface area contributed by atoms with Crippen LogP contribution in [0.2, 0.25) is 0 Å². The summed E-state index contributed by atoms with van der Waals surface area (Å²) in [4.78, 5) is 35.1. The highest BCUT2D eigenvalue weighted by Gasteiger charge is 2.16. The minimum Gasteiger partial charge on any atom is -0.507 e. The van der Waals surface area contributed by atoms with Crippen LogP contribution >= 0.6 is 0 Å². The zero-order valence-corrected chi connectivity index (χ0v) is 16.1. The predicted octanol–water partition coefficient (Wildman–Crippen LogP) is 3.32. The zero-order chi connectivity index (χ0) is 22.5. The highest BCUT2D eigenvalue weighted by Crippen LogP contribution is 2.17. The van der Waals surface area contributed by atoms with Gasteiger partial charge in [0.25, 0.3) is 11.3 Å². The lowest BCUT2D eigenvalue weighted by Crippen LogP contribution is -2.25. The molecule has 0 aliphatic rings. The Hall–Kier alpha value is -4.07. The Morgan fingerprint density at radius 1 is 0.968 bits per heavy atom. The van der Waals surface area contributed by atoms with Crippen LogP contribution in [-0.4, -0.2) is 26.5 Å². The zero-order valence-electron chi connectivity index (χ0n) is 16.1. The molecule has 6 nitrogen and oxygen atoms in total. The Bertz CT molecular complexity index is 1250. The molecular weight excluding hydrogens is 408 g/mol. The molecule has 1 heterocycles. The van der Waals surface area contributed by atoms with E-state index >= 15 is 0 Å². The molecule has 1 aromatic heterocycles. The number of aliphatic hydroxyl groups excluding tert-OH is 1. The number of ketones is 1. The summed E-state index contributed by atoms with van der Waals surface area (Å²) >= 11 is 0. The average Bonchev–Trinajstić information content (AvgIpc) is 2.71. The van der Waals surface area contributed by atoms with Crippen molar-refractivity contribution in [3.63, 3.8) is 0 Å². The minimum absolute atomic E-state index is 0.0588. The smallest absolute Gasteiger partial charge is 0.376 e. The first kappa shape index (κ1) is 21.6. The van der Waals surface area contributed by atoms with E-state index in [0.717, 1.165) is 0 Å². The van der Waals surface area contributed by atoms with Crippen LogP contribution in [0, 0.1) is 11.6 Å².